The van der Waals surface area contributed by atoms with Crippen molar-refractivity contribution in [3.63, 3.8) is 0 Å². The standard InChI is InChI=1S/C18H15ClN2O2/c1-23-18-9-7-13(10-16(18)19)21-20-11-15-14-5-3-2-4-12(14)6-8-17(15)22/h2-11,21-22H,1H3/b20-11+. The lowest BCUT2D eigenvalue weighted by Gasteiger charge is -2.06. The van der Waals surface area contributed by atoms with Crippen LogP contribution in [-0.2, 0) is 0 Å². The molecule has 23 heavy (non-hydrogen) atoms. The van der Waals surface area contributed by atoms with Crippen LogP contribution in [0.4, 0.5) is 5.69 Å². The largest absolute Gasteiger partial charge is 0.507 e. The third-order valence-electron chi connectivity index (χ3n) is 3.49. The van der Waals surface area contributed by atoms with Crippen LogP contribution >= 0.6 is 11.6 Å². The molecule has 3 rings (SSSR count). The van der Waals surface area contributed by atoms with E-state index in [0.29, 0.717) is 16.3 Å². The number of hydrogen-bond acceptors (Lipinski definition) is 4. The van der Waals surface area contributed by atoms with Crippen LogP contribution < -0.4 is 10.2 Å². The van der Waals surface area contributed by atoms with Crippen LogP contribution in [-0.4, -0.2) is 18.4 Å². The monoisotopic (exact) mass is 326 g/mol. The molecule has 0 aromatic heterocycles. The van der Waals surface area contributed by atoms with Gasteiger partial charge >= 0.3 is 0 Å². The van der Waals surface area contributed by atoms with E-state index in [1.54, 1.807) is 31.5 Å². The second-order valence-electron chi connectivity index (χ2n) is 4.94. The number of aromatic hydroxyl groups is 1. The zero-order valence-corrected chi connectivity index (χ0v) is 13.2. The summed E-state index contributed by atoms with van der Waals surface area (Å²) in [6.07, 6.45) is 1.59. The number of hydrazone groups is 1. The van der Waals surface area contributed by atoms with Crippen molar-refractivity contribution in [3.8, 4) is 11.5 Å². The lowest BCUT2D eigenvalue weighted by Crippen LogP contribution is -1.93. The van der Waals surface area contributed by atoms with Gasteiger partial charge < -0.3 is 9.84 Å². The van der Waals surface area contributed by atoms with Gasteiger partial charge in [-0.3, -0.25) is 5.43 Å². The second kappa shape index (κ2) is 6.58. The summed E-state index contributed by atoms with van der Waals surface area (Å²) >= 11 is 6.07. The summed E-state index contributed by atoms with van der Waals surface area (Å²) in [5.74, 6) is 0.787. The number of nitrogens with zero attached hydrogens (tertiary/aromatic N) is 1. The number of rotatable bonds is 4. The van der Waals surface area contributed by atoms with E-state index in [1.165, 1.54) is 0 Å². The van der Waals surface area contributed by atoms with Gasteiger partial charge in [0.05, 0.1) is 24.0 Å². The maximum Gasteiger partial charge on any atom is 0.137 e. The maximum atomic E-state index is 10.1. The van der Waals surface area contributed by atoms with E-state index in [-0.39, 0.29) is 5.75 Å². The van der Waals surface area contributed by atoms with Gasteiger partial charge in [-0.15, -0.1) is 0 Å². The number of methoxy groups -OCH3 is 1. The molecule has 0 heterocycles. The first-order valence-corrected chi connectivity index (χ1v) is 7.40. The summed E-state index contributed by atoms with van der Waals surface area (Å²) < 4.78 is 5.11. The molecule has 0 radical (unpaired) electrons. The minimum Gasteiger partial charge on any atom is -0.507 e. The van der Waals surface area contributed by atoms with Gasteiger partial charge in [0.2, 0.25) is 0 Å². The van der Waals surface area contributed by atoms with Crippen molar-refractivity contribution in [2.24, 2.45) is 5.10 Å². The Morgan fingerprint density at radius 1 is 1.13 bits per heavy atom. The summed E-state index contributed by atoms with van der Waals surface area (Å²) in [6, 6.07) is 16.6. The predicted octanol–water partition coefficient (Wildman–Crippen LogP) is 4.65. The third-order valence-corrected chi connectivity index (χ3v) is 3.78. The minimum atomic E-state index is 0.182. The molecule has 0 spiro atoms. The van der Waals surface area contributed by atoms with Gasteiger partial charge in [-0.1, -0.05) is 41.9 Å². The van der Waals surface area contributed by atoms with E-state index in [0.717, 1.165) is 16.5 Å². The maximum absolute atomic E-state index is 10.1. The van der Waals surface area contributed by atoms with Gasteiger partial charge in [-0.2, -0.15) is 5.10 Å². The molecule has 3 aromatic carbocycles. The highest BCUT2D eigenvalue weighted by atomic mass is 35.5. The van der Waals surface area contributed by atoms with Crippen LogP contribution in [0.5, 0.6) is 11.5 Å². The number of anilines is 1. The molecule has 0 aliphatic carbocycles. The van der Waals surface area contributed by atoms with Gasteiger partial charge in [0, 0.05) is 5.56 Å². The summed E-state index contributed by atoms with van der Waals surface area (Å²) in [5, 5.41) is 16.7. The van der Waals surface area contributed by atoms with E-state index in [4.69, 9.17) is 16.3 Å². The average Bonchev–Trinajstić information content (AvgIpc) is 2.57. The molecular weight excluding hydrogens is 312 g/mol. The van der Waals surface area contributed by atoms with Crippen molar-refractivity contribution in [1.82, 2.24) is 0 Å². The smallest absolute Gasteiger partial charge is 0.137 e. The van der Waals surface area contributed by atoms with Crippen LogP contribution in [0.15, 0.2) is 59.7 Å². The molecule has 2 N–H and O–H groups in total. The van der Waals surface area contributed by atoms with E-state index in [1.807, 2.05) is 36.4 Å². The Bertz CT molecular complexity index is 878. The molecule has 0 amide bonds. The van der Waals surface area contributed by atoms with E-state index in [9.17, 15) is 5.11 Å². The first-order chi connectivity index (χ1) is 11.2. The zero-order valence-electron chi connectivity index (χ0n) is 12.5. The van der Waals surface area contributed by atoms with Crippen molar-refractivity contribution < 1.29 is 9.84 Å². The second-order valence-corrected chi connectivity index (χ2v) is 5.35. The quantitative estimate of drug-likeness (QED) is 0.542. The molecule has 0 aliphatic heterocycles. The average molecular weight is 327 g/mol. The van der Waals surface area contributed by atoms with Crippen LogP contribution in [0, 0.1) is 0 Å². The Balaban J connectivity index is 1.86. The fourth-order valence-electron chi connectivity index (χ4n) is 2.33. The predicted molar refractivity (Wildman–Crippen MR) is 94.8 cm³/mol. The molecule has 116 valence electrons. The van der Waals surface area contributed by atoms with Crippen molar-refractivity contribution in [1.29, 1.82) is 0 Å². The number of phenolic OH excluding ortho intramolecular Hbond substituents is 1. The lowest BCUT2D eigenvalue weighted by molar-refractivity contribution is 0.415. The topological polar surface area (TPSA) is 53.8 Å². The van der Waals surface area contributed by atoms with Gasteiger partial charge in [0.15, 0.2) is 0 Å². The molecule has 0 saturated heterocycles. The normalized spacial score (nSPS) is 11.0. The van der Waals surface area contributed by atoms with Crippen LogP contribution in [0.3, 0.4) is 0 Å². The third kappa shape index (κ3) is 3.22. The van der Waals surface area contributed by atoms with Crippen molar-refractivity contribution in [3.05, 3.63) is 65.2 Å². The summed E-state index contributed by atoms with van der Waals surface area (Å²) in [7, 11) is 1.57. The molecule has 0 fully saturated rings. The molecule has 5 heteroatoms. The first kappa shape index (κ1) is 15.2. The van der Waals surface area contributed by atoms with Gasteiger partial charge in [0.25, 0.3) is 0 Å². The molecule has 0 bridgehead atoms. The highest BCUT2D eigenvalue weighted by molar-refractivity contribution is 6.32. The van der Waals surface area contributed by atoms with Crippen molar-refractivity contribution >= 4 is 34.3 Å². The molecular formula is C18H15ClN2O2. The highest BCUT2D eigenvalue weighted by Gasteiger charge is 2.04. The fraction of sp³-hybridized carbons (Fsp3) is 0.0556. The minimum absolute atomic E-state index is 0.182. The number of phenols is 1. The van der Waals surface area contributed by atoms with Crippen molar-refractivity contribution in [2.75, 3.05) is 12.5 Å². The van der Waals surface area contributed by atoms with E-state index >= 15 is 0 Å². The molecule has 0 saturated carbocycles. The molecule has 3 aromatic rings. The summed E-state index contributed by atoms with van der Waals surface area (Å²) in [6.45, 7) is 0. The van der Waals surface area contributed by atoms with Crippen LogP contribution in [0.2, 0.25) is 5.02 Å². The van der Waals surface area contributed by atoms with Gasteiger partial charge in [0.1, 0.15) is 11.5 Å². The number of halogens is 1. The molecule has 0 aliphatic rings. The van der Waals surface area contributed by atoms with E-state index in [2.05, 4.69) is 10.5 Å². The number of hydrogen-bond donors (Lipinski definition) is 2. The lowest BCUT2D eigenvalue weighted by atomic mass is 10.0. The Morgan fingerprint density at radius 2 is 1.96 bits per heavy atom. The SMILES string of the molecule is COc1ccc(N/N=C/c2c(O)ccc3ccccc23)cc1Cl. The van der Waals surface area contributed by atoms with Crippen LogP contribution in [0.1, 0.15) is 5.56 Å². The summed E-state index contributed by atoms with van der Waals surface area (Å²) in [4.78, 5) is 0. The number of ether oxygens (including phenoxy) is 1. The molecule has 0 unspecified atom stereocenters. The Hall–Kier alpha value is -2.72. The number of fused-ring (bicyclic) bond motifs is 1. The van der Waals surface area contributed by atoms with E-state index < -0.39 is 0 Å². The van der Waals surface area contributed by atoms with Gasteiger partial charge in [-0.25, -0.2) is 0 Å². The summed E-state index contributed by atoms with van der Waals surface area (Å²) in [5.41, 5.74) is 4.29. The number of benzene rings is 3. The Morgan fingerprint density at radius 3 is 2.74 bits per heavy atom. The zero-order chi connectivity index (χ0) is 16.2. The Kier molecular flexibility index (Phi) is 4.35. The molecule has 0 atom stereocenters. The Labute approximate surface area is 139 Å². The fourth-order valence-corrected chi connectivity index (χ4v) is 2.58. The number of nitrogens with one attached hydrogen (secondary N) is 1. The van der Waals surface area contributed by atoms with Crippen molar-refractivity contribution in [2.45, 2.75) is 0 Å². The highest BCUT2D eigenvalue weighted by Crippen LogP contribution is 2.28. The van der Waals surface area contributed by atoms with Crippen LogP contribution in [0.25, 0.3) is 10.8 Å². The first-order valence-electron chi connectivity index (χ1n) is 7.02. The van der Waals surface area contributed by atoms with Gasteiger partial charge in [-0.05, 0) is 35.0 Å². The molecule has 4 nitrogen and oxygen atoms in total.